The van der Waals surface area contributed by atoms with Crippen LogP contribution < -0.4 is 10.1 Å². The highest BCUT2D eigenvalue weighted by molar-refractivity contribution is 5.91. The van der Waals surface area contributed by atoms with E-state index in [1.165, 1.54) is 6.92 Å². The second-order valence-corrected chi connectivity index (χ2v) is 9.55. The van der Waals surface area contributed by atoms with Gasteiger partial charge in [-0.1, -0.05) is 0 Å². The fourth-order valence-corrected chi connectivity index (χ4v) is 4.78. The Balaban J connectivity index is 1.43. The lowest BCUT2D eigenvalue weighted by Crippen LogP contribution is -2.38. The number of rotatable bonds is 7. The van der Waals surface area contributed by atoms with E-state index in [0.29, 0.717) is 24.2 Å². The average molecular weight is 464 g/mol. The van der Waals surface area contributed by atoms with Crippen molar-refractivity contribution in [3.63, 3.8) is 0 Å². The minimum Gasteiger partial charge on any atom is -0.490 e. The maximum atomic E-state index is 11.6. The Labute approximate surface area is 197 Å². The van der Waals surface area contributed by atoms with E-state index in [-0.39, 0.29) is 24.0 Å². The van der Waals surface area contributed by atoms with Crippen LogP contribution in [-0.4, -0.2) is 58.2 Å². The van der Waals surface area contributed by atoms with Crippen LogP contribution in [0.1, 0.15) is 62.3 Å². The third-order valence-electron chi connectivity index (χ3n) is 6.92. The second-order valence-electron chi connectivity index (χ2n) is 9.55. The minimum atomic E-state index is -0.160. The summed E-state index contributed by atoms with van der Waals surface area (Å²) in [6, 6.07) is 5.88. The van der Waals surface area contributed by atoms with Crippen molar-refractivity contribution in [2.24, 2.45) is 0 Å². The number of amides is 1. The number of anilines is 1. The number of carbonyl (C=O) groups is 1. The molecule has 3 aromatic rings. The molecule has 1 N–H and O–H groups in total. The van der Waals surface area contributed by atoms with Gasteiger partial charge in [0.2, 0.25) is 5.91 Å². The number of methoxy groups -OCH3 is 1. The maximum absolute atomic E-state index is 11.6. The highest BCUT2D eigenvalue weighted by Crippen LogP contribution is 2.43. The summed E-state index contributed by atoms with van der Waals surface area (Å²) in [5, 5.41) is 8.77. The molecule has 0 bridgehead atoms. The zero-order valence-electron chi connectivity index (χ0n) is 19.5. The van der Waals surface area contributed by atoms with Gasteiger partial charge in [-0.15, -0.1) is 0 Å². The molecule has 1 aliphatic heterocycles. The van der Waals surface area contributed by atoms with Gasteiger partial charge in [0, 0.05) is 75.1 Å². The normalized spacial score (nSPS) is 24.2. The van der Waals surface area contributed by atoms with E-state index in [4.69, 9.17) is 24.3 Å². The highest BCUT2D eigenvalue weighted by atomic mass is 16.5. The van der Waals surface area contributed by atoms with Gasteiger partial charge in [-0.05, 0) is 19.3 Å². The van der Waals surface area contributed by atoms with Crippen molar-refractivity contribution in [1.82, 2.24) is 19.7 Å². The van der Waals surface area contributed by atoms with Crippen LogP contribution in [0, 0.1) is 0 Å². The maximum Gasteiger partial charge on any atom is 0.222 e. The molecule has 34 heavy (non-hydrogen) atoms. The zero-order chi connectivity index (χ0) is 23.2. The molecule has 9 heteroatoms. The molecule has 1 amide bonds. The fourth-order valence-electron chi connectivity index (χ4n) is 4.78. The van der Waals surface area contributed by atoms with E-state index < -0.39 is 0 Å². The smallest absolute Gasteiger partial charge is 0.222 e. The molecule has 178 valence electrons. The van der Waals surface area contributed by atoms with Crippen LogP contribution in [-0.2, 0) is 14.3 Å². The first kappa shape index (κ1) is 21.5. The quantitative estimate of drug-likeness (QED) is 0.570. The van der Waals surface area contributed by atoms with Crippen molar-refractivity contribution in [1.29, 1.82) is 0 Å². The van der Waals surface area contributed by atoms with Crippen molar-refractivity contribution in [2.75, 3.05) is 25.6 Å². The summed E-state index contributed by atoms with van der Waals surface area (Å²) >= 11 is 0. The average Bonchev–Trinajstić information content (AvgIpc) is 3.35. The molecule has 3 aromatic heterocycles. The van der Waals surface area contributed by atoms with Gasteiger partial charge >= 0.3 is 0 Å². The molecular formula is C25H29N5O4. The molecule has 2 aliphatic carbocycles. The molecule has 0 spiro atoms. The molecule has 2 saturated carbocycles. The third kappa shape index (κ3) is 4.14. The third-order valence-corrected chi connectivity index (χ3v) is 6.92. The molecule has 0 radical (unpaired) electrons. The first-order chi connectivity index (χ1) is 16.6. The standard InChI is InChI=1S/C25H29N5O4/c1-14(31)27-23-11-22-20(12-26-23)25(15-3-4-15)29-30(22)24-10-19(34-18-7-17(8-18)32-2)9-21(28-24)16-5-6-33-13-16/h9-12,15-18H,3-8,13H2,1-2H3,(H,26,27,31). The summed E-state index contributed by atoms with van der Waals surface area (Å²) in [5.74, 6) is 2.52. The van der Waals surface area contributed by atoms with E-state index in [0.717, 1.165) is 66.8 Å². The van der Waals surface area contributed by atoms with Crippen molar-refractivity contribution < 1.29 is 19.0 Å². The van der Waals surface area contributed by atoms with Gasteiger partial charge < -0.3 is 19.5 Å². The molecule has 9 nitrogen and oxygen atoms in total. The van der Waals surface area contributed by atoms with Gasteiger partial charge in [0.15, 0.2) is 5.82 Å². The Morgan fingerprint density at radius 1 is 1.15 bits per heavy atom. The van der Waals surface area contributed by atoms with Crippen molar-refractivity contribution in [3.8, 4) is 11.6 Å². The summed E-state index contributed by atoms with van der Waals surface area (Å²) in [5.41, 5.74) is 2.88. The van der Waals surface area contributed by atoms with E-state index in [1.807, 2.05) is 29.1 Å². The van der Waals surface area contributed by atoms with Crippen LogP contribution in [0.15, 0.2) is 24.4 Å². The molecule has 3 aliphatic rings. The minimum absolute atomic E-state index is 0.139. The molecule has 1 saturated heterocycles. The Hall–Kier alpha value is -3.04. The molecule has 6 rings (SSSR count). The van der Waals surface area contributed by atoms with Crippen molar-refractivity contribution in [3.05, 3.63) is 35.8 Å². The lowest BCUT2D eigenvalue weighted by Gasteiger charge is -2.34. The Kier molecular flexibility index (Phi) is 5.45. The van der Waals surface area contributed by atoms with Gasteiger partial charge in [0.1, 0.15) is 17.7 Å². The van der Waals surface area contributed by atoms with E-state index in [2.05, 4.69) is 10.3 Å². The second kappa shape index (κ2) is 8.63. The Morgan fingerprint density at radius 3 is 2.71 bits per heavy atom. The molecular weight excluding hydrogens is 434 g/mol. The lowest BCUT2D eigenvalue weighted by atomic mass is 9.92. The Morgan fingerprint density at radius 2 is 2.00 bits per heavy atom. The molecule has 4 heterocycles. The van der Waals surface area contributed by atoms with Gasteiger partial charge in [-0.3, -0.25) is 4.79 Å². The van der Waals surface area contributed by atoms with Crippen molar-refractivity contribution >= 4 is 22.6 Å². The van der Waals surface area contributed by atoms with Crippen molar-refractivity contribution in [2.45, 2.75) is 63.1 Å². The van der Waals surface area contributed by atoms with Crippen LogP contribution in [0.3, 0.4) is 0 Å². The summed E-state index contributed by atoms with van der Waals surface area (Å²) in [7, 11) is 1.74. The monoisotopic (exact) mass is 463 g/mol. The number of nitrogens with zero attached hydrogens (tertiary/aromatic N) is 4. The van der Waals surface area contributed by atoms with E-state index >= 15 is 0 Å². The predicted octanol–water partition coefficient (Wildman–Crippen LogP) is 3.71. The van der Waals surface area contributed by atoms with Gasteiger partial charge in [0.25, 0.3) is 0 Å². The highest BCUT2D eigenvalue weighted by Gasteiger charge is 2.32. The summed E-state index contributed by atoms with van der Waals surface area (Å²) in [6.07, 6.45) is 7.19. The number of aromatic nitrogens is 4. The van der Waals surface area contributed by atoms with E-state index in [1.54, 1.807) is 7.11 Å². The Bertz CT molecular complexity index is 1230. The van der Waals surface area contributed by atoms with Crippen LogP contribution in [0.4, 0.5) is 5.82 Å². The number of hydrogen-bond acceptors (Lipinski definition) is 7. The molecule has 0 aromatic carbocycles. The number of carbonyl (C=O) groups excluding carboxylic acids is 1. The largest absolute Gasteiger partial charge is 0.490 e. The van der Waals surface area contributed by atoms with E-state index in [9.17, 15) is 4.79 Å². The SMILES string of the molecule is COC1CC(Oc2cc(C3CCOC3)nc(-n3nc(C4CC4)c4cnc(NC(C)=O)cc43)c2)C1. The van der Waals surface area contributed by atoms with Crippen LogP contribution >= 0.6 is 0 Å². The van der Waals surface area contributed by atoms with Gasteiger partial charge in [-0.2, -0.15) is 5.10 Å². The summed E-state index contributed by atoms with van der Waals surface area (Å²) < 4.78 is 19.3. The lowest BCUT2D eigenvalue weighted by molar-refractivity contribution is -0.114. The molecule has 1 atom stereocenters. The summed E-state index contributed by atoms with van der Waals surface area (Å²) in [6.45, 7) is 2.88. The first-order valence-electron chi connectivity index (χ1n) is 12.0. The first-order valence-corrected chi connectivity index (χ1v) is 12.0. The van der Waals surface area contributed by atoms with Crippen LogP contribution in [0.5, 0.6) is 5.75 Å². The van der Waals surface area contributed by atoms with Crippen LogP contribution in [0.25, 0.3) is 16.7 Å². The number of pyridine rings is 2. The van der Waals surface area contributed by atoms with Crippen LogP contribution in [0.2, 0.25) is 0 Å². The number of ether oxygens (including phenoxy) is 3. The topological polar surface area (TPSA) is 100 Å². The number of hydrogen-bond donors (Lipinski definition) is 1. The predicted molar refractivity (Wildman–Crippen MR) is 126 cm³/mol. The molecule has 3 fully saturated rings. The zero-order valence-corrected chi connectivity index (χ0v) is 19.5. The number of fused-ring (bicyclic) bond motifs is 1. The van der Waals surface area contributed by atoms with Gasteiger partial charge in [-0.25, -0.2) is 14.6 Å². The fraction of sp³-hybridized carbons (Fsp3) is 0.520. The van der Waals surface area contributed by atoms with Gasteiger partial charge in [0.05, 0.1) is 29.6 Å². The summed E-state index contributed by atoms with van der Waals surface area (Å²) in [4.78, 5) is 21.1. The number of nitrogens with one attached hydrogen (secondary N) is 1. The molecule has 1 unspecified atom stereocenters.